The Morgan fingerprint density at radius 3 is 1.58 bits per heavy atom. The number of nitrogens with zero attached hydrogens (tertiary/aromatic N) is 9. The molecule has 14 nitrogen and oxygen atoms in total. The molecular weight excluding hydrogens is 598 g/mol. The van der Waals surface area contributed by atoms with Gasteiger partial charge in [-0.25, -0.2) is 0 Å². The Morgan fingerprint density at radius 2 is 1.22 bits per heavy atom. The summed E-state index contributed by atoms with van der Waals surface area (Å²) in [5, 5.41) is 26.5. The van der Waals surface area contributed by atoms with E-state index in [1.54, 1.807) is 26.5 Å². The van der Waals surface area contributed by atoms with Crippen LogP contribution in [0, 0.1) is 0 Å². The van der Waals surface area contributed by atoms with Crippen molar-refractivity contribution in [1.29, 1.82) is 0 Å². The average Bonchev–Trinajstić information content (AvgIpc) is 3.59. The average molecular weight is 642 g/mol. The molecule has 0 aliphatic carbocycles. The van der Waals surface area contributed by atoms with Gasteiger partial charge in [0.15, 0.2) is 0 Å². The molecule has 0 saturated carbocycles. The van der Waals surface area contributed by atoms with Crippen LogP contribution in [0.4, 0.5) is 0 Å². The van der Waals surface area contributed by atoms with Crippen LogP contribution in [0.2, 0.25) is 0 Å². The number of carbonyl (C=O) groups is 1. The van der Waals surface area contributed by atoms with Crippen molar-refractivity contribution in [3.05, 3.63) is 44.5 Å². The molecule has 4 aromatic rings. The maximum atomic E-state index is 15.3. The first-order chi connectivity index (χ1) is 21.1. The van der Waals surface area contributed by atoms with Gasteiger partial charge < -0.3 is 15.5 Å². The van der Waals surface area contributed by atoms with Crippen LogP contribution in [0.15, 0.2) is 22.0 Å². The minimum Gasteiger partial charge on any atom is -0.331 e. The fraction of sp³-hybridized carbons (Fsp3) is 0.633. The second-order valence-corrected chi connectivity index (χ2v) is 12.8. The highest BCUT2D eigenvalue weighted by Gasteiger charge is 2.41. The molecule has 6 rings (SSSR count). The number of hydrogen-bond donors (Lipinski definition) is 2. The molecule has 0 radical (unpaired) electrons. The van der Waals surface area contributed by atoms with Gasteiger partial charge >= 0.3 is 0 Å². The Bertz CT molecular complexity index is 1690. The van der Waals surface area contributed by atoms with E-state index < -0.39 is 17.3 Å². The molecule has 0 unspecified atom stereocenters. The molecule has 0 spiro atoms. The predicted molar refractivity (Wildman–Crippen MR) is 174 cm³/mol. The van der Waals surface area contributed by atoms with E-state index in [9.17, 15) is 9.59 Å². The first-order valence-corrected chi connectivity index (χ1v) is 15.7. The molecule has 45 heavy (non-hydrogen) atoms. The quantitative estimate of drug-likeness (QED) is 0.307. The third-order valence-corrected chi connectivity index (χ3v) is 9.04. The van der Waals surface area contributed by atoms with E-state index in [1.165, 1.54) is 18.7 Å². The number of amides is 1. The van der Waals surface area contributed by atoms with Crippen molar-refractivity contribution < 1.29 is 4.79 Å². The molecular formula is C30H44ClN11O3. The Hall–Kier alpha value is -3.62. The number of carbonyl (C=O) groups excluding carboxylic acids is 1. The molecule has 4 aromatic heterocycles. The lowest BCUT2D eigenvalue weighted by atomic mass is 9.98. The minimum atomic E-state index is -1.45. The fourth-order valence-corrected chi connectivity index (χ4v) is 6.84. The van der Waals surface area contributed by atoms with Crippen LogP contribution < -0.4 is 21.8 Å². The largest absolute Gasteiger partial charge is 0.331 e. The highest BCUT2D eigenvalue weighted by molar-refractivity contribution is 5.85. The summed E-state index contributed by atoms with van der Waals surface area (Å²) in [7, 11) is 3.40. The van der Waals surface area contributed by atoms with Crippen molar-refractivity contribution in [2.75, 3.05) is 26.2 Å². The maximum absolute atomic E-state index is 15.3. The minimum absolute atomic E-state index is 0. The van der Waals surface area contributed by atoms with Gasteiger partial charge in [-0.2, -0.15) is 29.8 Å². The molecule has 0 aromatic carbocycles. The van der Waals surface area contributed by atoms with Gasteiger partial charge in [0.1, 0.15) is 11.0 Å². The summed E-state index contributed by atoms with van der Waals surface area (Å²) < 4.78 is 5.39. The first-order valence-electron chi connectivity index (χ1n) is 15.7. The van der Waals surface area contributed by atoms with Crippen LogP contribution >= 0.6 is 12.4 Å². The monoisotopic (exact) mass is 641 g/mol. The highest BCUT2D eigenvalue weighted by atomic mass is 35.5. The van der Waals surface area contributed by atoms with Crippen LogP contribution in [0.3, 0.4) is 0 Å². The van der Waals surface area contributed by atoms with E-state index in [0.717, 1.165) is 38.8 Å². The van der Waals surface area contributed by atoms with Gasteiger partial charge in [-0.05, 0) is 50.6 Å². The van der Waals surface area contributed by atoms with Gasteiger partial charge in [0.2, 0.25) is 6.17 Å². The van der Waals surface area contributed by atoms with Crippen LogP contribution in [-0.4, -0.2) is 88.2 Å². The maximum Gasteiger partial charge on any atom is 0.295 e. The molecule has 2 N–H and O–H groups in total. The molecule has 2 saturated heterocycles. The van der Waals surface area contributed by atoms with Gasteiger partial charge in [-0.15, -0.1) is 12.4 Å². The van der Waals surface area contributed by atoms with E-state index in [4.69, 9.17) is 10.2 Å². The lowest BCUT2D eigenvalue weighted by Gasteiger charge is -2.43. The first kappa shape index (κ1) is 32.8. The zero-order valence-corrected chi connectivity index (χ0v) is 27.7. The lowest BCUT2D eigenvalue weighted by molar-refractivity contribution is -0.143. The zero-order chi connectivity index (χ0) is 31.3. The van der Waals surface area contributed by atoms with E-state index in [1.807, 2.05) is 32.6 Å². The summed E-state index contributed by atoms with van der Waals surface area (Å²) in [5.41, 5.74) is 0.882. The normalized spacial score (nSPS) is 19.1. The van der Waals surface area contributed by atoms with Gasteiger partial charge in [0.25, 0.3) is 17.0 Å². The highest BCUT2D eigenvalue weighted by Crippen LogP contribution is 2.27. The third-order valence-electron chi connectivity index (χ3n) is 9.04. The Balaban J connectivity index is 0.00000400. The lowest BCUT2D eigenvalue weighted by Crippen LogP contribution is -2.60. The summed E-state index contributed by atoms with van der Waals surface area (Å²) in [6, 6.07) is -0.213. The van der Waals surface area contributed by atoms with Crippen molar-refractivity contribution in [2.45, 2.75) is 83.5 Å². The molecule has 2 fully saturated rings. The number of rotatable bonds is 7. The molecule has 15 heteroatoms. The molecule has 2 aliphatic heterocycles. The fourth-order valence-electron chi connectivity index (χ4n) is 6.84. The standard InChI is InChI=1S/C30H43N11O3.ClH/c1-17(2)23-21-15-33-37(5)25(21)28(42)40(35-23)27(41-29(43)26-22(16-34-38(26)6)24(36-41)18(3)4)30(44)39(19-9-7-11-31-13-19)20-10-8-12-32-14-20;/h15-20,27,31-32H,7-14H2,1-6H3;1H/t19-,20-;/m1./s1. The van der Waals surface area contributed by atoms with Crippen LogP contribution in [0.25, 0.3) is 21.8 Å². The number of piperidine rings is 2. The molecule has 6 heterocycles. The molecule has 2 aliphatic rings. The van der Waals surface area contributed by atoms with Crippen molar-refractivity contribution >= 4 is 40.1 Å². The summed E-state index contributed by atoms with van der Waals surface area (Å²) in [4.78, 5) is 45.9. The second kappa shape index (κ2) is 13.0. The SMILES string of the molecule is CC(C)c1nn(C(C(=O)N([C@@H]2CCCNC2)[C@@H]2CCCNC2)n2nc(C(C)C)c3cnn(C)c3c2=O)c(=O)c2c1cnn2C.Cl. The van der Waals surface area contributed by atoms with Gasteiger partial charge in [-0.3, -0.25) is 23.7 Å². The van der Waals surface area contributed by atoms with Crippen LogP contribution in [-0.2, 0) is 18.9 Å². The van der Waals surface area contributed by atoms with Gasteiger partial charge in [0.05, 0.1) is 23.8 Å². The zero-order valence-electron chi connectivity index (χ0n) is 26.9. The Morgan fingerprint density at radius 1 is 0.800 bits per heavy atom. The van der Waals surface area contributed by atoms with E-state index in [2.05, 4.69) is 20.8 Å². The Labute approximate surface area is 267 Å². The summed E-state index contributed by atoms with van der Waals surface area (Å²) in [6.07, 6.45) is 5.31. The van der Waals surface area contributed by atoms with E-state index in [-0.39, 0.29) is 42.2 Å². The predicted octanol–water partition coefficient (Wildman–Crippen LogP) is 1.62. The van der Waals surface area contributed by atoms with Crippen molar-refractivity contribution in [2.24, 2.45) is 14.1 Å². The number of aryl methyl sites for hydroxylation is 2. The topological polar surface area (TPSA) is 150 Å². The van der Waals surface area contributed by atoms with Crippen molar-refractivity contribution in [3.63, 3.8) is 0 Å². The van der Waals surface area contributed by atoms with Gasteiger partial charge in [0, 0.05) is 50.0 Å². The van der Waals surface area contributed by atoms with Crippen LogP contribution in [0.1, 0.15) is 82.8 Å². The molecule has 1 amide bonds. The second-order valence-electron chi connectivity index (χ2n) is 12.8. The third kappa shape index (κ3) is 5.67. The van der Waals surface area contributed by atoms with E-state index >= 15 is 4.79 Å². The molecule has 0 bridgehead atoms. The number of nitrogens with one attached hydrogen (secondary N) is 2. The number of hydrogen-bond acceptors (Lipinski definition) is 9. The van der Waals surface area contributed by atoms with Crippen molar-refractivity contribution in [3.8, 4) is 0 Å². The van der Waals surface area contributed by atoms with Crippen LogP contribution in [0.5, 0.6) is 0 Å². The summed E-state index contributed by atoms with van der Waals surface area (Å²) >= 11 is 0. The Kier molecular flexibility index (Phi) is 9.47. The number of fused-ring (bicyclic) bond motifs is 2. The number of halogens is 1. The smallest absolute Gasteiger partial charge is 0.295 e. The summed E-state index contributed by atoms with van der Waals surface area (Å²) in [6.45, 7) is 11.0. The van der Waals surface area contributed by atoms with E-state index in [0.29, 0.717) is 46.3 Å². The van der Waals surface area contributed by atoms with Gasteiger partial charge in [-0.1, -0.05) is 27.7 Å². The molecule has 2 atom stereocenters. The van der Waals surface area contributed by atoms with Crippen molar-refractivity contribution in [1.82, 2.24) is 54.7 Å². The number of aromatic nitrogens is 8. The summed E-state index contributed by atoms with van der Waals surface area (Å²) in [5.74, 6) is -0.536. The molecule has 244 valence electrons.